The molecule has 0 bridgehead atoms. The minimum absolute atomic E-state index is 0.120. The Bertz CT molecular complexity index is 972. The van der Waals surface area contributed by atoms with Crippen molar-refractivity contribution in [2.24, 2.45) is 0 Å². The Kier molecular flexibility index (Phi) is 1.14. The number of hydrogen-bond acceptors (Lipinski definition) is 3. The zero-order valence-corrected chi connectivity index (χ0v) is 8.66. The van der Waals surface area contributed by atoms with Crippen LogP contribution < -0.4 is 4.65 Å². The largest absolute Gasteiger partial charge is 0.569 e. The summed E-state index contributed by atoms with van der Waals surface area (Å²) >= 11 is 0.940. The summed E-state index contributed by atoms with van der Waals surface area (Å²) in [5.41, 5.74) is 0. The number of hydrogen-bond donors (Lipinski definition) is 1. The first kappa shape index (κ1) is 4.78. The van der Waals surface area contributed by atoms with Gasteiger partial charge in [0.1, 0.15) is 5.75 Å². The molecule has 0 saturated carbocycles. The van der Waals surface area contributed by atoms with Gasteiger partial charge in [-0.25, -0.2) is 0 Å². The lowest BCUT2D eigenvalue weighted by Gasteiger charge is -2.00. The van der Waals surface area contributed by atoms with Gasteiger partial charge >= 0.3 is 7.69 Å². The van der Waals surface area contributed by atoms with Gasteiger partial charge in [-0.05, 0) is 24.2 Å². The molecule has 1 radical (unpaired) electrons. The highest BCUT2D eigenvalue weighted by Crippen LogP contribution is 2.35. The van der Waals surface area contributed by atoms with Crippen molar-refractivity contribution in [3.05, 3.63) is 42.3 Å². The van der Waals surface area contributed by atoms with Crippen molar-refractivity contribution in [3.63, 3.8) is 0 Å². The van der Waals surface area contributed by atoms with Gasteiger partial charge in [-0.15, -0.1) is 11.3 Å². The molecule has 1 heterocycles. The maximum absolute atomic E-state index is 8.78. The molecule has 0 fully saturated rings. The van der Waals surface area contributed by atoms with E-state index >= 15 is 0 Å². The molecule has 77 valence electrons. The lowest BCUT2D eigenvalue weighted by atomic mass is 10.1. The van der Waals surface area contributed by atoms with Crippen molar-refractivity contribution in [3.8, 4) is 5.75 Å². The fraction of sp³-hybridized carbons (Fsp3) is 0. The minimum Gasteiger partial charge on any atom is -0.537 e. The molecule has 2 nitrogen and oxygen atoms in total. The Morgan fingerprint density at radius 3 is 2.81 bits per heavy atom. The van der Waals surface area contributed by atoms with Crippen LogP contribution in [-0.2, 0) is 0 Å². The molecule has 1 N–H and O–H groups in total. The van der Waals surface area contributed by atoms with Crippen LogP contribution in [0.25, 0.3) is 20.2 Å². The second-order valence-corrected chi connectivity index (χ2v) is 3.96. The highest BCUT2D eigenvalue weighted by molar-refractivity contribution is 7.25. The standard InChI is InChI=1S/C12H8BO2S/c14-13-15-8-5-6-12-10(7-8)9-3-1-2-4-11(9)16-12/h1-7,14H/i1D,2D,3D,4D,5D,6D,7D. The van der Waals surface area contributed by atoms with Crippen LogP contribution in [0.5, 0.6) is 5.75 Å². The molecular weight excluding hydrogens is 219 g/mol. The van der Waals surface area contributed by atoms with Crippen molar-refractivity contribution >= 4 is 39.2 Å². The first-order valence-corrected chi connectivity index (χ1v) is 5.17. The lowest BCUT2D eigenvalue weighted by molar-refractivity contribution is 0.454. The van der Waals surface area contributed by atoms with E-state index in [4.69, 9.17) is 19.3 Å². The van der Waals surface area contributed by atoms with Crippen molar-refractivity contribution in [2.45, 2.75) is 0 Å². The molecule has 2 aromatic carbocycles. The van der Waals surface area contributed by atoms with E-state index in [1.54, 1.807) is 0 Å². The molecule has 0 amide bonds. The molecule has 1 aromatic heterocycles. The van der Waals surface area contributed by atoms with Crippen LogP contribution >= 0.6 is 11.3 Å². The van der Waals surface area contributed by atoms with E-state index in [0.717, 1.165) is 11.3 Å². The summed E-state index contributed by atoms with van der Waals surface area (Å²) < 4.78 is 60.7. The molecule has 0 spiro atoms. The Morgan fingerprint density at radius 2 is 1.94 bits per heavy atom. The number of thiophene rings is 1. The van der Waals surface area contributed by atoms with Gasteiger partial charge in [0.2, 0.25) is 0 Å². The first-order chi connectivity index (χ1) is 10.8. The van der Waals surface area contributed by atoms with Gasteiger partial charge in [-0.2, -0.15) is 0 Å². The lowest BCUT2D eigenvalue weighted by Crippen LogP contribution is -1.98. The molecule has 4 heteroatoms. The Balaban J connectivity index is 2.63. The molecule has 0 aliphatic rings. The van der Waals surface area contributed by atoms with E-state index in [-0.39, 0.29) is 50.1 Å². The number of rotatable bonds is 2. The summed E-state index contributed by atoms with van der Waals surface area (Å²) in [4.78, 5) is 0. The number of fused-ring (bicyclic) bond motifs is 3. The predicted octanol–water partition coefficient (Wildman–Crippen LogP) is 2.96. The number of benzene rings is 2. The highest BCUT2D eigenvalue weighted by Gasteiger charge is 2.05. The van der Waals surface area contributed by atoms with E-state index in [9.17, 15) is 0 Å². The van der Waals surface area contributed by atoms with Crippen molar-refractivity contribution in [1.82, 2.24) is 0 Å². The highest BCUT2D eigenvalue weighted by atomic mass is 32.1. The third-order valence-electron chi connectivity index (χ3n) is 2.03. The van der Waals surface area contributed by atoms with Crippen molar-refractivity contribution < 1.29 is 19.3 Å². The van der Waals surface area contributed by atoms with Gasteiger partial charge in [0.05, 0.1) is 9.60 Å². The topological polar surface area (TPSA) is 29.5 Å². The Morgan fingerprint density at radius 1 is 1.12 bits per heavy atom. The summed E-state index contributed by atoms with van der Waals surface area (Å²) in [7, 11) is 0.306. The van der Waals surface area contributed by atoms with Crippen molar-refractivity contribution in [1.29, 1.82) is 0 Å². The van der Waals surface area contributed by atoms with E-state index in [1.165, 1.54) is 0 Å². The van der Waals surface area contributed by atoms with Gasteiger partial charge in [0.15, 0.2) is 0 Å². The average molecular weight is 234 g/mol. The van der Waals surface area contributed by atoms with Crippen LogP contribution in [0, 0.1) is 0 Å². The summed E-state index contributed by atoms with van der Waals surface area (Å²) in [5, 5.41) is 9.02. The summed E-state index contributed by atoms with van der Waals surface area (Å²) in [6.07, 6.45) is 0. The quantitative estimate of drug-likeness (QED) is 0.690. The predicted molar refractivity (Wildman–Crippen MR) is 67.9 cm³/mol. The molecule has 0 atom stereocenters. The maximum atomic E-state index is 8.78. The summed E-state index contributed by atoms with van der Waals surface area (Å²) in [5.74, 6) is -0.336. The van der Waals surface area contributed by atoms with E-state index < -0.39 is 18.1 Å². The third kappa shape index (κ3) is 1.47. The van der Waals surface area contributed by atoms with Crippen LogP contribution in [0.3, 0.4) is 0 Å². The van der Waals surface area contributed by atoms with E-state index in [2.05, 4.69) is 0 Å². The zero-order chi connectivity index (χ0) is 17.0. The monoisotopic (exact) mass is 234 g/mol. The fourth-order valence-electron chi connectivity index (χ4n) is 1.40. The van der Waals surface area contributed by atoms with Crippen molar-refractivity contribution in [2.75, 3.05) is 0 Å². The smallest absolute Gasteiger partial charge is 0.537 e. The Labute approximate surface area is 107 Å². The van der Waals surface area contributed by atoms with Crippen LogP contribution in [0.1, 0.15) is 9.60 Å². The fourth-order valence-corrected chi connectivity index (χ4v) is 2.32. The van der Waals surface area contributed by atoms with Gasteiger partial charge in [0, 0.05) is 20.2 Å². The Hall–Kier alpha value is -1.52. The molecule has 16 heavy (non-hydrogen) atoms. The zero-order valence-electron chi connectivity index (χ0n) is 14.8. The van der Waals surface area contributed by atoms with E-state index in [0.29, 0.717) is 7.69 Å². The van der Waals surface area contributed by atoms with Crippen LogP contribution in [0.2, 0.25) is 0 Å². The van der Waals surface area contributed by atoms with Crippen LogP contribution in [-0.4, -0.2) is 12.7 Å². The minimum atomic E-state index is -0.431. The molecule has 0 aliphatic carbocycles. The summed E-state index contributed by atoms with van der Waals surface area (Å²) in [6, 6.07) is -2.33. The molecule has 0 unspecified atom stereocenters. The van der Waals surface area contributed by atoms with Gasteiger partial charge < -0.3 is 9.68 Å². The average Bonchev–Trinajstić information content (AvgIpc) is 2.93. The molecule has 0 aliphatic heterocycles. The normalized spacial score (nSPS) is 16.9. The second kappa shape index (κ2) is 3.81. The second-order valence-electron chi connectivity index (χ2n) is 2.94. The maximum Gasteiger partial charge on any atom is 0.569 e. The molecule has 3 rings (SSSR count). The third-order valence-corrected chi connectivity index (χ3v) is 3.05. The molecule has 3 aromatic rings. The first-order valence-electron chi connectivity index (χ1n) is 7.86. The summed E-state index contributed by atoms with van der Waals surface area (Å²) in [6.45, 7) is 0. The molecule has 0 saturated heterocycles. The van der Waals surface area contributed by atoms with E-state index in [1.807, 2.05) is 0 Å². The van der Waals surface area contributed by atoms with Gasteiger partial charge in [0.25, 0.3) is 0 Å². The molecular formula is C12H8BO2S. The van der Waals surface area contributed by atoms with Crippen LogP contribution in [0.4, 0.5) is 0 Å². The van der Waals surface area contributed by atoms with Gasteiger partial charge in [-0.1, -0.05) is 18.1 Å². The van der Waals surface area contributed by atoms with Gasteiger partial charge in [-0.3, -0.25) is 0 Å². The SMILES string of the molecule is [2H]c1c([2H])c([2H])c2c(sc3c([2H])c([2H])c(O[B]O)c([2H])c32)c1[2H]. The van der Waals surface area contributed by atoms with Crippen LogP contribution in [0.15, 0.2) is 42.3 Å².